The average molecular weight is 216 g/mol. The van der Waals surface area contributed by atoms with E-state index in [1.807, 2.05) is 24.3 Å². The van der Waals surface area contributed by atoms with Gasteiger partial charge in [-0.3, -0.25) is 4.79 Å². The van der Waals surface area contributed by atoms with Gasteiger partial charge in [-0.15, -0.1) is 0 Å². The molecular formula is C13H16N2O. The molecule has 0 spiro atoms. The van der Waals surface area contributed by atoms with Gasteiger partial charge in [0.1, 0.15) is 0 Å². The molecule has 0 aromatic heterocycles. The number of carbonyl (C=O) groups excluding carboxylic acids is 1. The van der Waals surface area contributed by atoms with E-state index in [4.69, 9.17) is 0 Å². The zero-order valence-electron chi connectivity index (χ0n) is 9.42. The second-order valence-corrected chi connectivity index (χ2v) is 3.92. The van der Waals surface area contributed by atoms with Crippen molar-refractivity contribution in [3.63, 3.8) is 0 Å². The van der Waals surface area contributed by atoms with Gasteiger partial charge in [0.15, 0.2) is 0 Å². The van der Waals surface area contributed by atoms with Crippen LogP contribution in [-0.2, 0) is 4.79 Å². The molecule has 3 nitrogen and oxygen atoms in total. The summed E-state index contributed by atoms with van der Waals surface area (Å²) in [5.41, 5.74) is 3.27. The minimum absolute atomic E-state index is 0.0307. The molecule has 1 aliphatic heterocycles. The highest BCUT2D eigenvalue weighted by Gasteiger charge is 2.10. The van der Waals surface area contributed by atoms with Gasteiger partial charge in [-0.25, -0.2) is 0 Å². The maximum absolute atomic E-state index is 11.1. The molecule has 0 fully saturated rings. The molecule has 3 heteroatoms. The van der Waals surface area contributed by atoms with Crippen molar-refractivity contribution in [2.75, 3.05) is 18.4 Å². The van der Waals surface area contributed by atoms with E-state index in [9.17, 15) is 4.79 Å². The summed E-state index contributed by atoms with van der Waals surface area (Å²) in [5, 5.41) is 6.20. The third-order valence-corrected chi connectivity index (χ3v) is 2.61. The largest absolute Gasteiger partial charge is 0.326 e. The fraction of sp³-hybridized carbons (Fsp3) is 0.308. The lowest BCUT2D eigenvalue weighted by atomic mass is 10.0. The van der Waals surface area contributed by atoms with Gasteiger partial charge in [-0.2, -0.15) is 0 Å². The van der Waals surface area contributed by atoms with Crippen LogP contribution in [-0.4, -0.2) is 19.0 Å². The van der Waals surface area contributed by atoms with Crippen LogP contribution in [0.5, 0.6) is 0 Å². The molecule has 1 aliphatic rings. The number of hydrogen-bond acceptors (Lipinski definition) is 2. The molecular weight excluding hydrogens is 200 g/mol. The second-order valence-electron chi connectivity index (χ2n) is 3.92. The van der Waals surface area contributed by atoms with Crippen LogP contribution in [0.15, 0.2) is 30.3 Å². The van der Waals surface area contributed by atoms with E-state index in [1.165, 1.54) is 12.5 Å². The van der Waals surface area contributed by atoms with E-state index >= 15 is 0 Å². The molecule has 0 atom stereocenters. The number of nitrogens with one attached hydrogen (secondary N) is 2. The maximum atomic E-state index is 11.1. The molecule has 0 radical (unpaired) electrons. The lowest BCUT2D eigenvalue weighted by molar-refractivity contribution is -0.114. The van der Waals surface area contributed by atoms with Crippen molar-refractivity contribution in [1.29, 1.82) is 0 Å². The Morgan fingerprint density at radius 1 is 1.38 bits per heavy atom. The zero-order chi connectivity index (χ0) is 11.4. The first-order valence-electron chi connectivity index (χ1n) is 5.54. The van der Waals surface area contributed by atoms with E-state index in [1.54, 1.807) is 0 Å². The minimum atomic E-state index is -0.0307. The van der Waals surface area contributed by atoms with Crippen molar-refractivity contribution >= 4 is 17.2 Å². The van der Waals surface area contributed by atoms with Crippen molar-refractivity contribution in [3.8, 4) is 0 Å². The maximum Gasteiger partial charge on any atom is 0.221 e. The lowest BCUT2D eigenvalue weighted by Gasteiger charge is -2.17. The highest BCUT2D eigenvalue weighted by Crippen LogP contribution is 2.24. The van der Waals surface area contributed by atoms with E-state index in [0.29, 0.717) is 0 Å². The van der Waals surface area contributed by atoms with Gasteiger partial charge in [0.2, 0.25) is 5.91 Å². The molecule has 0 aliphatic carbocycles. The number of para-hydroxylation sites is 1. The zero-order valence-corrected chi connectivity index (χ0v) is 9.42. The fourth-order valence-corrected chi connectivity index (χ4v) is 1.91. The molecule has 0 unspecified atom stereocenters. The smallest absolute Gasteiger partial charge is 0.221 e. The Labute approximate surface area is 95.6 Å². The summed E-state index contributed by atoms with van der Waals surface area (Å²) in [6.07, 6.45) is 3.28. The summed E-state index contributed by atoms with van der Waals surface area (Å²) in [5.74, 6) is -0.0307. The van der Waals surface area contributed by atoms with Crippen LogP contribution in [0.25, 0.3) is 5.57 Å². The van der Waals surface area contributed by atoms with Gasteiger partial charge < -0.3 is 10.6 Å². The molecule has 1 aromatic rings. The Morgan fingerprint density at radius 2 is 2.19 bits per heavy atom. The number of rotatable bonds is 2. The Balaban J connectivity index is 2.31. The fourth-order valence-electron chi connectivity index (χ4n) is 1.91. The van der Waals surface area contributed by atoms with E-state index in [-0.39, 0.29) is 5.91 Å². The molecule has 84 valence electrons. The van der Waals surface area contributed by atoms with Crippen LogP contribution >= 0.6 is 0 Å². The highest BCUT2D eigenvalue weighted by atomic mass is 16.1. The van der Waals surface area contributed by atoms with E-state index < -0.39 is 0 Å². The van der Waals surface area contributed by atoms with Crippen molar-refractivity contribution in [2.24, 2.45) is 0 Å². The number of amides is 1. The third kappa shape index (κ3) is 2.49. The summed E-state index contributed by atoms with van der Waals surface area (Å²) in [6.45, 7) is 3.44. The van der Waals surface area contributed by atoms with Gasteiger partial charge in [-0.1, -0.05) is 24.3 Å². The predicted molar refractivity (Wildman–Crippen MR) is 66.2 cm³/mol. The SMILES string of the molecule is CC(=O)Nc1ccccc1C1=CCCNC1. The summed E-state index contributed by atoms with van der Waals surface area (Å²) >= 11 is 0. The standard InChI is InChI=1S/C13H16N2O/c1-10(16)15-13-7-3-2-6-12(13)11-5-4-8-14-9-11/h2-3,5-7,14H,4,8-9H2,1H3,(H,15,16). The highest BCUT2D eigenvalue weighted by molar-refractivity contribution is 5.92. The quantitative estimate of drug-likeness (QED) is 0.794. The Hall–Kier alpha value is -1.61. The third-order valence-electron chi connectivity index (χ3n) is 2.61. The first-order chi connectivity index (χ1) is 7.77. The molecule has 2 rings (SSSR count). The van der Waals surface area contributed by atoms with Crippen molar-refractivity contribution < 1.29 is 4.79 Å². The average Bonchev–Trinajstić information content (AvgIpc) is 2.30. The Kier molecular flexibility index (Phi) is 3.37. The number of anilines is 1. The van der Waals surface area contributed by atoms with Gasteiger partial charge in [0, 0.05) is 24.7 Å². The molecule has 1 heterocycles. The van der Waals surface area contributed by atoms with Crippen LogP contribution in [0, 0.1) is 0 Å². The predicted octanol–water partition coefficient (Wildman–Crippen LogP) is 2.02. The number of carbonyl (C=O) groups is 1. The first-order valence-corrected chi connectivity index (χ1v) is 5.54. The summed E-state index contributed by atoms with van der Waals surface area (Å²) < 4.78 is 0. The van der Waals surface area contributed by atoms with Gasteiger partial charge in [0.05, 0.1) is 0 Å². The molecule has 1 aromatic carbocycles. The Bertz CT molecular complexity index is 424. The van der Waals surface area contributed by atoms with Crippen LogP contribution in [0.3, 0.4) is 0 Å². The monoisotopic (exact) mass is 216 g/mol. The van der Waals surface area contributed by atoms with E-state index in [2.05, 4.69) is 16.7 Å². The molecule has 16 heavy (non-hydrogen) atoms. The van der Waals surface area contributed by atoms with Gasteiger partial charge in [-0.05, 0) is 24.6 Å². The summed E-state index contributed by atoms with van der Waals surface area (Å²) in [4.78, 5) is 11.1. The number of benzene rings is 1. The van der Waals surface area contributed by atoms with Gasteiger partial charge >= 0.3 is 0 Å². The summed E-state index contributed by atoms with van der Waals surface area (Å²) in [6, 6.07) is 7.91. The molecule has 0 saturated carbocycles. The van der Waals surface area contributed by atoms with Crippen molar-refractivity contribution in [1.82, 2.24) is 5.32 Å². The van der Waals surface area contributed by atoms with Gasteiger partial charge in [0.25, 0.3) is 0 Å². The van der Waals surface area contributed by atoms with Crippen LogP contribution < -0.4 is 10.6 Å². The second kappa shape index (κ2) is 4.94. The van der Waals surface area contributed by atoms with E-state index in [0.717, 1.165) is 30.8 Å². The molecule has 2 N–H and O–H groups in total. The number of hydrogen-bond donors (Lipinski definition) is 2. The Morgan fingerprint density at radius 3 is 2.88 bits per heavy atom. The summed E-state index contributed by atoms with van der Waals surface area (Å²) in [7, 11) is 0. The topological polar surface area (TPSA) is 41.1 Å². The molecule has 0 saturated heterocycles. The molecule has 0 bridgehead atoms. The lowest BCUT2D eigenvalue weighted by Crippen LogP contribution is -2.22. The first kappa shape index (κ1) is 10.9. The molecule has 1 amide bonds. The normalized spacial score (nSPS) is 15.4. The van der Waals surface area contributed by atoms with Crippen LogP contribution in [0.4, 0.5) is 5.69 Å². The van der Waals surface area contributed by atoms with Crippen molar-refractivity contribution in [3.05, 3.63) is 35.9 Å². The van der Waals surface area contributed by atoms with Crippen LogP contribution in [0.1, 0.15) is 18.9 Å². The van der Waals surface area contributed by atoms with Crippen LogP contribution in [0.2, 0.25) is 0 Å². The minimum Gasteiger partial charge on any atom is -0.326 e. The van der Waals surface area contributed by atoms with Crippen molar-refractivity contribution in [2.45, 2.75) is 13.3 Å².